The van der Waals surface area contributed by atoms with E-state index in [0.717, 1.165) is 36.7 Å². The second kappa shape index (κ2) is 5.83. The van der Waals surface area contributed by atoms with Gasteiger partial charge in [-0.2, -0.15) is 0 Å². The zero-order valence-corrected chi connectivity index (χ0v) is 13.5. The van der Waals surface area contributed by atoms with Gasteiger partial charge in [-0.3, -0.25) is 4.79 Å². The number of anilines is 1. The number of aliphatic hydroxyl groups excluding tert-OH is 1. The molecule has 1 fully saturated rings. The summed E-state index contributed by atoms with van der Waals surface area (Å²) in [5.41, 5.74) is 1.86. The van der Waals surface area contributed by atoms with Crippen molar-refractivity contribution in [2.24, 2.45) is 0 Å². The van der Waals surface area contributed by atoms with Crippen LogP contribution in [0.5, 0.6) is 0 Å². The molecule has 0 saturated carbocycles. The molecule has 1 aliphatic heterocycles. The summed E-state index contributed by atoms with van der Waals surface area (Å²) in [6, 6.07) is 0.216. The van der Waals surface area contributed by atoms with Crippen LogP contribution in [0.25, 0.3) is 0 Å². The van der Waals surface area contributed by atoms with Crippen LogP contribution in [-0.2, 0) is 4.79 Å². The fourth-order valence-electron chi connectivity index (χ4n) is 3.65. The molecular weight excluding hydrogens is 280 g/mol. The van der Waals surface area contributed by atoms with E-state index in [0.29, 0.717) is 12.8 Å². The second-order valence-electron chi connectivity index (χ2n) is 6.38. The fourth-order valence-corrected chi connectivity index (χ4v) is 3.65. The van der Waals surface area contributed by atoms with E-state index in [2.05, 4.69) is 28.7 Å². The number of nitrogens with zero attached hydrogens (tertiary/aromatic N) is 4. The van der Waals surface area contributed by atoms with Gasteiger partial charge in [0.05, 0.1) is 11.8 Å². The summed E-state index contributed by atoms with van der Waals surface area (Å²) in [4.78, 5) is 24.9. The maximum Gasteiger partial charge on any atom is 0.222 e. The van der Waals surface area contributed by atoms with E-state index in [1.165, 1.54) is 0 Å². The number of hydrogen-bond donors (Lipinski definition) is 1. The van der Waals surface area contributed by atoms with Gasteiger partial charge < -0.3 is 14.9 Å². The molecule has 0 radical (unpaired) electrons. The molecule has 22 heavy (non-hydrogen) atoms. The molecule has 1 N–H and O–H groups in total. The molecular formula is C16H24N4O2. The monoisotopic (exact) mass is 304 g/mol. The molecule has 1 aromatic rings. The molecule has 1 saturated heterocycles. The van der Waals surface area contributed by atoms with E-state index in [-0.39, 0.29) is 17.9 Å². The first-order valence-electron chi connectivity index (χ1n) is 8.10. The SMILES string of the molecule is CCC(=O)N1CCN(c2ncnc3c2[C@H](C)C[C@H]3O)[C@@H](C)C1. The highest BCUT2D eigenvalue weighted by Crippen LogP contribution is 2.43. The highest BCUT2D eigenvalue weighted by Gasteiger charge is 2.35. The first-order chi connectivity index (χ1) is 10.5. The van der Waals surface area contributed by atoms with E-state index in [4.69, 9.17) is 0 Å². The van der Waals surface area contributed by atoms with Gasteiger partial charge in [-0.1, -0.05) is 13.8 Å². The molecule has 3 rings (SSSR count). The van der Waals surface area contributed by atoms with Crippen molar-refractivity contribution in [1.29, 1.82) is 0 Å². The largest absolute Gasteiger partial charge is 0.387 e. The van der Waals surface area contributed by atoms with Gasteiger partial charge in [-0.05, 0) is 19.3 Å². The van der Waals surface area contributed by atoms with Crippen LogP contribution in [-0.4, -0.2) is 51.6 Å². The molecule has 2 heterocycles. The van der Waals surface area contributed by atoms with Crippen molar-refractivity contribution >= 4 is 11.7 Å². The zero-order chi connectivity index (χ0) is 15.9. The second-order valence-corrected chi connectivity index (χ2v) is 6.38. The predicted molar refractivity (Wildman–Crippen MR) is 83.7 cm³/mol. The maximum absolute atomic E-state index is 11.9. The Labute approximate surface area is 131 Å². The highest BCUT2D eigenvalue weighted by atomic mass is 16.3. The van der Waals surface area contributed by atoms with Gasteiger partial charge in [0, 0.05) is 37.7 Å². The molecule has 0 bridgehead atoms. The lowest BCUT2D eigenvalue weighted by Crippen LogP contribution is -2.54. The van der Waals surface area contributed by atoms with Crippen LogP contribution >= 0.6 is 0 Å². The van der Waals surface area contributed by atoms with E-state index in [9.17, 15) is 9.90 Å². The summed E-state index contributed by atoms with van der Waals surface area (Å²) in [6.07, 6.45) is 2.33. The van der Waals surface area contributed by atoms with Gasteiger partial charge in [0.2, 0.25) is 5.91 Å². The molecule has 1 aromatic heterocycles. The summed E-state index contributed by atoms with van der Waals surface area (Å²) in [6.45, 7) is 8.37. The minimum absolute atomic E-state index is 0.211. The smallest absolute Gasteiger partial charge is 0.222 e. The number of amides is 1. The van der Waals surface area contributed by atoms with Crippen molar-refractivity contribution < 1.29 is 9.90 Å². The van der Waals surface area contributed by atoms with Crippen molar-refractivity contribution in [1.82, 2.24) is 14.9 Å². The van der Waals surface area contributed by atoms with Crippen molar-refractivity contribution in [2.75, 3.05) is 24.5 Å². The van der Waals surface area contributed by atoms with Crippen molar-refractivity contribution in [3.8, 4) is 0 Å². The molecule has 1 amide bonds. The van der Waals surface area contributed by atoms with Crippen LogP contribution in [0.3, 0.4) is 0 Å². The van der Waals surface area contributed by atoms with Crippen molar-refractivity contribution in [3.05, 3.63) is 17.6 Å². The normalized spacial score (nSPS) is 27.9. The summed E-state index contributed by atoms with van der Waals surface area (Å²) < 4.78 is 0. The van der Waals surface area contributed by atoms with Crippen LogP contribution in [0.2, 0.25) is 0 Å². The number of hydrogen-bond acceptors (Lipinski definition) is 5. The summed E-state index contributed by atoms with van der Waals surface area (Å²) in [5.74, 6) is 1.41. The lowest BCUT2D eigenvalue weighted by Gasteiger charge is -2.41. The van der Waals surface area contributed by atoms with Crippen LogP contribution in [0.15, 0.2) is 6.33 Å². The minimum Gasteiger partial charge on any atom is -0.387 e. The average Bonchev–Trinajstić information content (AvgIpc) is 2.81. The third kappa shape index (κ3) is 2.45. The van der Waals surface area contributed by atoms with Gasteiger partial charge in [-0.15, -0.1) is 0 Å². The zero-order valence-electron chi connectivity index (χ0n) is 13.5. The van der Waals surface area contributed by atoms with Crippen LogP contribution in [0.4, 0.5) is 5.82 Å². The van der Waals surface area contributed by atoms with Gasteiger partial charge in [0.25, 0.3) is 0 Å². The first-order valence-corrected chi connectivity index (χ1v) is 8.10. The molecule has 1 aliphatic carbocycles. The van der Waals surface area contributed by atoms with E-state index in [1.54, 1.807) is 6.33 Å². The molecule has 6 heteroatoms. The van der Waals surface area contributed by atoms with Gasteiger partial charge in [-0.25, -0.2) is 9.97 Å². The Morgan fingerprint density at radius 2 is 2.14 bits per heavy atom. The van der Waals surface area contributed by atoms with Gasteiger partial charge in [0.15, 0.2) is 0 Å². The Kier molecular flexibility index (Phi) is 4.04. The quantitative estimate of drug-likeness (QED) is 0.896. The number of aromatic nitrogens is 2. The summed E-state index contributed by atoms with van der Waals surface area (Å²) >= 11 is 0. The maximum atomic E-state index is 11.9. The number of carbonyl (C=O) groups excluding carboxylic acids is 1. The Bertz CT molecular complexity index is 577. The summed E-state index contributed by atoms with van der Waals surface area (Å²) in [7, 11) is 0. The Hall–Kier alpha value is -1.69. The van der Waals surface area contributed by atoms with E-state index >= 15 is 0 Å². The first kappa shape index (κ1) is 15.2. The van der Waals surface area contributed by atoms with Crippen LogP contribution in [0.1, 0.15) is 56.9 Å². The van der Waals surface area contributed by atoms with Gasteiger partial charge in [0.1, 0.15) is 12.1 Å². The number of carbonyl (C=O) groups is 1. The molecule has 0 aromatic carbocycles. The number of piperazine rings is 1. The predicted octanol–water partition coefficient (Wildman–Crippen LogP) is 1.46. The number of rotatable bonds is 2. The molecule has 120 valence electrons. The third-order valence-electron chi connectivity index (χ3n) is 4.83. The van der Waals surface area contributed by atoms with E-state index < -0.39 is 6.10 Å². The van der Waals surface area contributed by atoms with Crippen molar-refractivity contribution in [3.63, 3.8) is 0 Å². The molecule has 3 atom stereocenters. The number of fused-ring (bicyclic) bond motifs is 1. The molecule has 0 unspecified atom stereocenters. The topological polar surface area (TPSA) is 69.6 Å². The lowest BCUT2D eigenvalue weighted by atomic mass is 10.0. The van der Waals surface area contributed by atoms with Gasteiger partial charge >= 0.3 is 0 Å². The molecule has 2 aliphatic rings. The fraction of sp³-hybridized carbons (Fsp3) is 0.688. The Morgan fingerprint density at radius 1 is 1.36 bits per heavy atom. The minimum atomic E-state index is -0.481. The Balaban J connectivity index is 1.86. The number of aliphatic hydroxyl groups is 1. The molecule has 0 spiro atoms. The van der Waals surface area contributed by atoms with Crippen LogP contribution in [0, 0.1) is 0 Å². The summed E-state index contributed by atoms with van der Waals surface area (Å²) in [5, 5.41) is 10.1. The molecule has 6 nitrogen and oxygen atoms in total. The van der Waals surface area contributed by atoms with E-state index in [1.807, 2.05) is 11.8 Å². The average molecular weight is 304 g/mol. The standard InChI is InChI=1S/C16H24N4O2/c1-4-13(22)19-5-6-20(11(3)8-19)16-14-10(2)7-12(21)15(14)17-9-18-16/h9-12,21H,4-8H2,1-3H3/t10-,11+,12-/m1/s1. The lowest BCUT2D eigenvalue weighted by molar-refractivity contribution is -0.131. The van der Waals surface area contributed by atoms with Crippen molar-refractivity contribution in [2.45, 2.75) is 51.7 Å². The highest BCUT2D eigenvalue weighted by molar-refractivity contribution is 5.76. The van der Waals surface area contributed by atoms with Crippen LogP contribution < -0.4 is 4.90 Å². The Morgan fingerprint density at radius 3 is 2.82 bits per heavy atom. The third-order valence-corrected chi connectivity index (χ3v) is 4.83.